The number of aromatic nitrogens is 1. The van der Waals surface area contributed by atoms with E-state index in [9.17, 15) is 4.79 Å². The number of nitrogens with one attached hydrogen (secondary N) is 2. The van der Waals surface area contributed by atoms with Crippen molar-refractivity contribution in [1.82, 2.24) is 20.7 Å². The Morgan fingerprint density at radius 3 is 2.70 bits per heavy atom. The zero-order valence-corrected chi connectivity index (χ0v) is 15.0. The van der Waals surface area contributed by atoms with Crippen molar-refractivity contribution in [3.63, 3.8) is 0 Å². The molecule has 2 aliphatic rings. The van der Waals surface area contributed by atoms with Gasteiger partial charge in [-0.1, -0.05) is 54.6 Å². The summed E-state index contributed by atoms with van der Waals surface area (Å²) in [6.07, 6.45) is 2.67. The molecular weight excluding hydrogens is 336 g/mol. The van der Waals surface area contributed by atoms with Crippen molar-refractivity contribution in [2.75, 3.05) is 13.1 Å². The first-order valence-corrected chi connectivity index (χ1v) is 9.50. The molecule has 2 N–H and O–H groups in total. The molecule has 2 fully saturated rings. The summed E-state index contributed by atoms with van der Waals surface area (Å²) in [5.74, 6) is 0.379. The van der Waals surface area contributed by atoms with E-state index in [0.29, 0.717) is 17.7 Å². The van der Waals surface area contributed by atoms with E-state index in [-0.39, 0.29) is 11.9 Å². The van der Waals surface area contributed by atoms with Crippen molar-refractivity contribution in [1.29, 1.82) is 0 Å². The van der Waals surface area contributed by atoms with Crippen LogP contribution in [0, 0.1) is 5.92 Å². The molecule has 0 radical (unpaired) electrons. The molecule has 3 atom stereocenters. The highest BCUT2D eigenvalue weighted by molar-refractivity contribution is 6.05. The Bertz CT molecular complexity index is 969. The second-order valence-electron chi connectivity index (χ2n) is 7.37. The molecule has 3 unspecified atom stereocenters. The third kappa shape index (κ3) is 2.89. The molecule has 5 heteroatoms. The number of rotatable bonds is 2. The zero-order valence-electron chi connectivity index (χ0n) is 15.0. The lowest BCUT2D eigenvalue weighted by Crippen LogP contribution is -2.48. The molecule has 2 aromatic carbocycles. The summed E-state index contributed by atoms with van der Waals surface area (Å²) in [6.45, 7) is 1.48. The number of piperidine rings is 1. The third-order valence-electron chi connectivity index (χ3n) is 5.83. The van der Waals surface area contributed by atoms with Crippen LogP contribution < -0.4 is 10.9 Å². The number of amides is 1. The maximum atomic E-state index is 13.3. The molecule has 2 saturated heterocycles. The quantitative estimate of drug-likeness (QED) is 0.740. The Balaban J connectivity index is 1.42. The number of hydrogen-bond acceptors (Lipinski definition) is 4. The van der Waals surface area contributed by atoms with Gasteiger partial charge in [0.25, 0.3) is 5.91 Å². The van der Waals surface area contributed by atoms with Crippen LogP contribution in [0.2, 0.25) is 0 Å². The van der Waals surface area contributed by atoms with E-state index in [1.165, 1.54) is 5.56 Å². The number of nitrogens with zero attached hydrogens (tertiary/aromatic N) is 2. The van der Waals surface area contributed by atoms with E-state index in [1.54, 1.807) is 6.20 Å². The van der Waals surface area contributed by atoms with Crippen LogP contribution in [0.25, 0.3) is 10.8 Å². The fourth-order valence-electron chi connectivity index (χ4n) is 4.42. The smallest absolute Gasteiger partial charge is 0.273 e. The molecule has 0 saturated carbocycles. The largest absolute Gasteiger partial charge is 0.337 e. The maximum absolute atomic E-state index is 13.3. The van der Waals surface area contributed by atoms with Gasteiger partial charge in [0, 0.05) is 36.6 Å². The Morgan fingerprint density at radius 1 is 1.00 bits per heavy atom. The fraction of sp³-hybridized carbons (Fsp3) is 0.273. The molecule has 1 aromatic heterocycles. The lowest BCUT2D eigenvalue weighted by molar-refractivity contribution is 0.0649. The van der Waals surface area contributed by atoms with Crippen LogP contribution in [0.4, 0.5) is 0 Å². The number of likely N-dealkylation sites (tertiary alicyclic amines) is 1. The van der Waals surface area contributed by atoms with Gasteiger partial charge < -0.3 is 4.90 Å². The van der Waals surface area contributed by atoms with Crippen LogP contribution >= 0.6 is 0 Å². The average Bonchev–Trinajstić information content (AvgIpc) is 3.17. The standard InChI is InChI=1S/C22H22N4O/c27-22(21-17-9-5-4-6-15(17)10-12-23-21)26-13-11-19-18(14-26)20(25-24-19)16-7-2-1-3-8-16/h1-10,12,18-20,24-25H,11,13-14H2. The van der Waals surface area contributed by atoms with Crippen LogP contribution in [0.1, 0.15) is 28.5 Å². The highest BCUT2D eigenvalue weighted by Crippen LogP contribution is 2.34. The average molecular weight is 358 g/mol. The van der Waals surface area contributed by atoms with Gasteiger partial charge in [0.1, 0.15) is 5.69 Å². The summed E-state index contributed by atoms with van der Waals surface area (Å²) in [5.41, 5.74) is 8.69. The first kappa shape index (κ1) is 16.4. The fourth-order valence-corrected chi connectivity index (χ4v) is 4.42. The van der Waals surface area contributed by atoms with E-state index in [1.807, 2.05) is 41.3 Å². The van der Waals surface area contributed by atoms with E-state index in [4.69, 9.17) is 0 Å². The number of carbonyl (C=O) groups is 1. The van der Waals surface area contributed by atoms with Crippen LogP contribution in [0.3, 0.4) is 0 Å². The monoisotopic (exact) mass is 358 g/mol. The minimum atomic E-state index is 0.0314. The minimum absolute atomic E-state index is 0.0314. The number of hydrogen-bond donors (Lipinski definition) is 2. The highest BCUT2D eigenvalue weighted by atomic mass is 16.2. The summed E-state index contributed by atoms with van der Waals surface area (Å²) < 4.78 is 0. The molecule has 5 rings (SSSR count). The van der Waals surface area contributed by atoms with Gasteiger partial charge in [0.2, 0.25) is 0 Å². The van der Waals surface area contributed by atoms with Crippen molar-refractivity contribution in [3.8, 4) is 0 Å². The van der Waals surface area contributed by atoms with E-state index >= 15 is 0 Å². The first-order valence-electron chi connectivity index (χ1n) is 9.50. The number of hydrazine groups is 1. The number of carbonyl (C=O) groups excluding carboxylic acids is 1. The van der Waals surface area contributed by atoms with Crippen LogP contribution in [-0.2, 0) is 0 Å². The highest BCUT2D eigenvalue weighted by Gasteiger charge is 2.41. The predicted octanol–water partition coefficient (Wildman–Crippen LogP) is 2.91. The Kier molecular flexibility index (Phi) is 4.11. The van der Waals surface area contributed by atoms with Crippen molar-refractivity contribution in [2.45, 2.75) is 18.5 Å². The summed E-state index contributed by atoms with van der Waals surface area (Å²) in [4.78, 5) is 19.7. The van der Waals surface area contributed by atoms with E-state index < -0.39 is 0 Å². The molecule has 0 spiro atoms. The first-order chi connectivity index (χ1) is 13.3. The van der Waals surface area contributed by atoms with Crippen molar-refractivity contribution in [2.24, 2.45) is 5.92 Å². The molecular formula is C22H22N4O. The minimum Gasteiger partial charge on any atom is -0.337 e. The van der Waals surface area contributed by atoms with Crippen molar-refractivity contribution >= 4 is 16.7 Å². The van der Waals surface area contributed by atoms with Crippen molar-refractivity contribution < 1.29 is 4.79 Å². The number of benzene rings is 2. The Labute approximate surface area is 158 Å². The van der Waals surface area contributed by atoms with Gasteiger partial charge in [-0.25, -0.2) is 5.43 Å². The molecule has 0 aliphatic carbocycles. The molecule has 3 heterocycles. The number of pyridine rings is 1. The second kappa shape index (κ2) is 6.76. The predicted molar refractivity (Wildman–Crippen MR) is 105 cm³/mol. The summed E-state index contributed by atoms with van der Waals surface area (Å²) in [7, 11) is 0. The van der Waals surface area contributed by atoms with Crippen LogP contribution in [-0.4, -0.2) is 34.9 Å². The van der Waals surface area contributed by atoms with E-state index in [0.717, 1.165) is 30.3 Å². The van der Waals surface area contributed by atoms with Gasteiger partial charge in [0.05, 0.1) is 6.04 Å². The Morgan fingerprint density at radius 2 is 1.81 bits per heavy atom. The third-order valence-corrected chi connectivity index (χ3v) is 5.83. The lowest BCUT2D eigenvalue weighted by Gasteiger charge is -2.36. The summed E-state index contributed by atoms with van der Waals surface area (Å²) in [5, 5.41) is 1.98. The van der Waals surface area contributed by atoms with Crippen molar-refractivity contribution in [3.05, 3.63) is 78.1 Å². The lowest BCUT2D eigenvalue weighted by atomic mass is 9.85. The molecule has 136 valence electrons. The van der Waals surface area contributed by atoms with Gasteiger partial charge in [-0.3, -0.25) is 15.2 Å². The van der Waals surface area contributed by atoms with Gasteiger partial charge in [-0.2, -0.15) is 0 Å². The second-order valence-corrected chi connectivity index (χ2v) is 7.37. The Hall–Kier alpha value is -2.76. The molecule has 1 amide bonds. The van der Waals surface area contributed by atoms with Gasteiger partial charge in [-0.05, 0) is 23.4 Å². The summed E-state index contributed by atoms with van der Waals surface area (Å²) >= 11 is 0. The molecule has 5 nitrogen and oxygen atoms in total. The summed E-state index contributed by atoms with van der Waals surface area (Å²) in [6, 6.07) is 21.0. The molecule has 3 aromatic rings. The molecule has 27 heavy (non-hydrogen) atoms. The zero-order chi connectivity index (χ0) is 18.2. The maximum Gasteiger partial charge on any atom is 0.273 e. The topological polar surface area (TPSA) is 57.3 Å². The normalized spacial score (nSPS) is 24.7. The van der Waals surface area contributed by atoms with Crippen LogP contribution in [0.5, 0.6) is 0 Å². The van der Waals surface area contributed by atoms with Gasteiger partial charge in [-0.15, -0.1) is 0 Å². The van der Waals surface area contributed by atoms with Gasteiger partial charge in [0.15, 0.2) is 0 Å². The van der Waals surface area contributed by atoms with E-state index in [2.05, 4.69) is 40.1 Å². The van der Waals surface area contributed by atoms with Crippen LogP contribution in [0.15, 0.2) is 66.9 Å². The molecule has 2 aliphatic heterocycles. The van der Waals surface area contributed by atoms with Gasteiger partial charge >= 0.3 is 0 Å². The SMILES string of the molecule is O=C(c1nccc2ccccc12)N1CCC2NNC(c3ccccc3)C2C1. The number of fused-ring (bicyclic) bond motifs is 2. The molecule has 0 bridgehead atoms.